The van der Waals surface area contributed by atoms with Gasteiger partial charge >= 0.3 is 6.09 Å². The third-order valence-electron chi connectivity index (χ3n) is 8.47. The number of guanidine groups is 1. The molecule has 2 aliphatic heterocycles. The van der Waals surface area contributed by atoms with Crippen molar-refractivity contribution in [2.45, 2.75) is 84.6 Å². The van der Waals surface area contributed by atoms with Crippen molar-refractivity contribution in [1.29, 1.82) is 5.26 Å². The first-order chi connectivity index (χ1) is 18.3. The molecule has 38 heavy (non-hydrogen) atoms. The number of nitriles is 1. The second-order valence-electron chi connectivity index (χ2n) is 11.6. The van der Waals surface area contributed by atoms with Gasteiger partial charge in [-0.05, 0) is 62.9 Å². The van der Waals surface area contributed by atoms with Gasteiger partial charge in [-0.25, -0.2) is 9.69 Å². The average Bonchev–Trinajstić information content (AvgIpc) is 3.62. The number of carbonyl (C=O) groups excluding carboxylic acids is 2. The minimum atomic E-state index is -0.474. The van der Waals surface area contributed by atoms with E-state index in [1.807, 2.05) is 4.90 Å². The molecule has 1 aliphatic carbocycles. The Labute approximate surface area is 228 Å². The Morgan fingerprint density at radius 3 is 2.50 bits per heavy atom. The predicted molar refractivity (Wildman–Crippen MR) is 146 cm³/mol. The number of aliphatic imine (C=N–C) groups is 1. The third kappa shape index (κ3) is 9.42. The summed E-state index contributed by atoms with van der Waals surface area (Å²) < 4.78 is 10.9. The number of likely N-dealkylation sites (tertiary alicyclic amines) is 1. The first-order valence-electron chi connectivity index (χ1n) is 14.5. The van der Waals surface area contributed by atoms with Gasteiger partial charge in [-0.3, -0.25) is 15.1 Å². The van der Waals surface area contributed by atoms with E-state index < -0.39 is 6.09 Å². The molecule has 0 aromatic rings. The van der Waals surface area contributed by atoms with Gasteiger partial charge in [0.25, 0.3) is 0 Å². The number of hydrogen-bond acceptors (Lipinski definition) is 7. The molecule has 0 radical (unpaired) electrons. The summed E-state index contributed by atoms with van der Waals surface area (Å²) in [5.74, 6) is 0.531. The number of morpholine rings is 1. The molecule has 3 rings (SSSR count). The van der Waals surface area contributed by atoms with Gasteiger partial charge in [-0.2, -0.15) is 5.26 Å². The number of amides is 2. The summed E-state index contributed by atoms with van der Waals surface area (Å²) in [4.78, 5) is 36.0. The van der Waals surface area contributed by atoms with Gasteiger partial charge in [0.05, 0.1) is 19.8 Å². The third-order valence-corrected chi connectivity index (χ3v) is 8.47. The largest absolute Gasteiger partial charge is 0.449 e. The van der Waals surface area contributed by atoms with Gasteiger partial charge in [0, 0.05) is 38.6 Å². The fourth-order valence-corrected chi connectivity index (χ4v) is 5.42. The van der Waals surface area contributed by atoms with E-state index in [-0.39, 0.29) is 23.3 Å². The highest BCUT2D eigenvalue weighted by atomic mass is 16.5. The van der Waals surface area contributed by atoms with Crippen LogP contribution in [0.4, 0.5) is 4.79 Å². The zero-order chi connectivity index (χ0) is 27.4. The van der Waals surface area contributed by atoms with Gasteiger partial charge < -0.3 is 19.3 Å². The monoisotopic (exact) mass is 532 g/mol. The first kappa shape index (κ1) is 30.2. The number of nitrogens with one attached hydrogen (secondary N) is 1. The summed E-state index contributed by atoms with van der Waals surface area (Å²) in [6.07, 6.45) is 10.1. The minimum absolute atomic E-state index is 0.0644. The molecule has 0 aromatic heterocycles. The molecule has 0 bridgehead atoms. The lowest BCUT2D eigenvalue weighted by atomic mass is 9.75. The summed E-state index contributed by atoms with van der Waals surface area (Å²) in [5.41, 5.74) is -0.165. The highest BCUT2D eigenvalue weighted by Crippen LogP contribution is 2.34. The summed E-state index contributed by atoms with van der Waals surface area (Å²) in [6, 6.07) is 0.0644. The molecule has 0 aromatic carbocycles. The number of nitrogens with zero attached hydrogens (tertiary/aromatic N) is 5. The second kappa shape index (κ2) is 15.3. The lowest BCUT2D eigenvalue weighted by Crippen LogP contribution is -2.49. The van der Waals surface area contributed by atoms with Crippen LogP contribution in [0, 0.1) is 22.8 Å². The second-order valence-corrected chi connectivity index (χ2v) is 11.6. The highest BCUT2D eigenvalue weighted by Gasteiger charge is 2.32. The van der Waals surface area contributed by atoms with Gasteiger partial charge in [0.15, 0.2) is 6.19 Å². The quantitative estimate of drug-likeness (QED) is 0.142. The number of rotatable bonds is 11. The minimum Gasteiger partial charge on any atom is -0.449 e. The smallest absolute Gasteiger partial charge is 0.413 e. The fraction of sp³-hybridized carbons (Fsp3) is 0.857. The molecular weight excluding hydrogens is 484 g/mol. The van der Waals surface area contributed by atoms with Crippen LogP contribution in [0.3, 0.4) is 0 Å². The summed E-state index contributed by atoms with van der Waals surface area (Å²) >= 11 is 0. The van der Waals surface area contributed by atoms with Crippen LogP contribution in [-0.4, -0.2) is 97.8 Å². The van der Waals surface area contributed by atoms with Crippen molar-refractivity contribution in [2.24, 2.45) is 16.3 Å². The maximum absolute atomic E-state index is 12.9. The lowest BCUT2D eigenvalue weighted by Gasteiger charge is -2.33. The van der Waals surface area contributed by atoms with E-state index in [1.54, 1.807) is 0 Å². The summed E-state index contributed by atoms with van der Waals surface area (Å²) in [6.45, 7) is 13.0. The first-order valence-corrected chi connectivity index (χ1v) is 14.5. The Bertz CT molecular complexity index is 824. The summed E-state index contributed by atoms with van der Waals surface area (Å²) in [7, 11) is 0. The molecule has 1 saturated carbocycles. The van der Waals surface area contributed by atoms with Crippen LogP contribution >= 0.6 is 0 Å². The Kier molecular flexibility index (Phi) is 12.1. The Morgan fingerprint density at radius 1 is 1.16 bits per heavy atom. The highest BCUT2D eigenvalue weighted by molar-refractivity contribution is 5.94. The van der Waals surface area contributed by atoms with Crippen LogP contribution in [-0.2, 0) is 14.3 Å². The number of ether oxygens (including phenoxy) is 2. The van der Waals surface area contributed by atoms with Crippen LogP contribution in [0.1, 0.15) is 78.6 Å². The van der Waals surface area contributed by atoms with Crippen molar-refractivity contribution >= 4 is 18.0 Å². The lowest BCUT2D eigenvalue weighted by molar-refractivity contribution is -0.131. The molecule has 2 heterocycles. The zero-order valence-corrected chi connectivity index (χ0v) is 23.8. The maximum atomic E-state index is 12.9. The van der Waals surface area contributed by atoms with Gasteiger partial charge in [-0.15, -0.1) is 0 Å². The van der Waals surface area contributed by atoms with Crippen molar-refractivity contribution in [1.82, 2.24) is 20.0 Å². The molecule has 1 atom stereocenters. The van der Waals surface area contributed by atoms with Crippen LogP contribution in [0.15, 0.2) is 4.99 Å². The van der Waals surface area contributed by atoms with Crippen molar-refractivity contribution < 1.29 is 19.1 Å². The molecule has 0 spiro atoms. The van der Waals surface area contributed by atoms with E-state index in [0.717, 1.165) is 58.2 Å². The molecule has 2 amide bonds. The van der Waals surface area contributed by atoms with Crippen molar-refractivity contribution in [3.8, 4) is 6.19 Å². The topological polar surface area (TPSA) is 110 Å². The van der Waals surface area contributed by atoms with E-state index in [1.165, 1.54) is 17.7 Å². The molecule has 3 fully saturated rings. The van der Waals surface area contributed by atoms with Crippen LogP contribution in [0.2, 0.25) is 0 Å². The van der Waals surface area contributed by atoms with Crippen LogP contribution in [0.5, 0.6) is 0 Å². The predicted octanol–water partition coefficient (Wildman–Crippen LogP) is 3.58. The molecule has 1 N–H and O–H groups in total. The average molecular weight is 533 g/mol. The van der Waals surface area contributed by atoms with Crippen LogP contribution < -0.4 is 5.32 Å². The summed E-state index contributed by atoms with van der Waals surface area (Å²) in [5, 5.41) is 12.4. The van der Waals surface area contributed by atoms with Crippen molar-refractivity contribution in [3.05, 3.63) is 0 Å². The zero-order valence-electron chi connectivity index (χ0n) is 23.8. The number of alkyl carbamates (subject to hydrolysis) is 1. The van der Waals surface area contributed by atoms with E-state index >= 15 is 0 Å². The SMILES string of the molecule is CC(CC(=O)N(C#N)C1CCCC1)C(C)(C)CCN=C(NC(=O)OCCCN1CCCC1)N1CCOCC1. The van der Waals surface area contributed by atoms with E-state index in [9.17, 15) is 14.9 Å². The molecule has 10 heteroatoms. The molecule has 214 valence electrons. The Morgan fingerprint density at radius 2 is 1.84 bits per heavy atom. The number of hydrogen-bond donors (Lipinski definition) is 1. The molecular formula is C28H48N6O4. The molecule has 10 nitrogen and oxygen atoms in total. The molecule has 2 saturated heterocycles. The van der Waals surface area contributed by atoms with E-state index in [4.69, 9.17) is 14.5 Å². The van der Waals surface area contributed by atoms with Crippen molar-refractivity contribution in [2.75, 3.05) is 59.1 Å². The van der Waals surface area contributed by atoms with E-state index in [0.29, 0.717) is 51.8 Å². The van der Waals surface area contributed by atoms with Gasteiger partial charge in [0.2, 0.25) is 11.9 Å². The maximum Gasteiger partial charge on any atom is 0.413 e. The van der Waals surface area contributed by atoms with Gasteiger partial charge in [-0.1, -0.05) is 33.6 Å². The number of carbonyl (C=O) groups is 2. The van der Waals surface area contributed by atoms with Gasteiger partial charge in [0.1, 0.15) is 0 Å². The normalized spacial score (nSPS) is 20.3. The van der Waals surface area contributed by atoms with Crippen molar-refractivity contribution in [3.63, 3.8) is 0 Å². The molecule has 1 unspecified atom stereocenters. The molecule has 3 aliphatic rings. The Hall–Kier alpha value is -2.38. The van der Waals surface area contributed by atoms with Crippen LogP contribution in [0.25, 0.3) is 0 Å². The fourth-order valence-electron chi connectivity index (χ4n) is 5.42. The Balaban J connectivity index is 1.49. The van der Waals surface area contributed by atoms with E-state index in [2.05, 4.69) is 37.2 Å². The standard InChI is InChI=1S/C28H48N6O4/c1-23(21-25(35)34(22-29)24-9-4-5-10-24)28(2,3)11-12-30-26(33-16-19-37-20-17-33)31-27(36)38-18-8-15-32-13-6-7-14-32/h23-24H,4-21H2,1-3H3,(H,30,31,36).